The van der Waals surface area contributed by atoms with Crippen molar-refractivity contribution >= 4 is 16.9 Å². The number of carbonyl (C=O) groups excluding carboxylic acids is 1. The third-order valence-corrected chi connectivity index (χ3v) is 4.43. The molecule has 0 unspecified atom stereocenters. The van der Waals surface area contributed by atoms with Gasteiger partial charge in [0.05, 0.1) is 0 Å². The third-order valence-electron chi connectivity index (χ3n) is 4.43. The fraction of sp³-hybridized carbons (Fsp3) is 0.316. The standard InChI is InChI=1S/C19H21N5O3/c1-4-12(2)21-15(25)11-24-18(26)14-10-20-16(13-8-6-5-7-9-13)22-17(14)23(3)19(24)27/h5-10,12H,4,11H2,1-3H3,(H,21,25)/t12-/m0/s1. The maximum absolute atomic E-state index is 12.7. The summed E-state index contributed by atoms with van der Waals surface area (Å²) in [6.45, 7) is 3.46. The first kappa shape index (κ1) is 18.5. The van der Waals surface area contributed by atoms with Gasteiger partial charge in [-0.25, -0.2) is 14.8 Å². The summed E-state index contributed by atoms with van der Waals surface area (Å²) in [4.78, 5) is 46.1. The largest absolute Gasteiger partial charge is 0.352 e. The van der Waals surface area contributed by atoms with Crippen molar-refractivity contribution in [3.05, 3.63) is 57.4 Å². The van der Waals surface area contributed by atoms with Gasteiger partial charge in [0.1, 0.15) is 11.9 Å². The van der Waals surface area contributed by atoms with E-state index in [0.717, 1.165) is 16.6 Å². The number of fused-ring (bicyclic) bond motifs is 1. The first-order valence-corrected chi connectivity index (χ1v) is 8.73. The average molecular weight is 367 g/mol. The number of aryl methyl sites for hydroxylation is 1. The summed E-state index contributed by atoms with van der Waals surface area (Å²) >= 11 is 0. The highest BCUT2D eigenvalue weighted by Crippen LogP contribution is 2.15. The van der Waals surface area contributed by atoms with Gasteiger partial charge >= 0.3 is 5.69 Å². The van der Waals surface area contributed by atoms with Crippen LogP contribution < -0.4 is 16.6 Å². The molecule has 1 N–H and O–H groups in total. The summed E-state index contributed by atoms with van der Waals surface area (Å²) in [5.41, 5.74) is -0.155. The summed E-state index contributed by atoms with van der Waals surface area (Å²) in [5, 5.41) is 2.94. The molecule has 1 atom stereocenters. The lowest BCUT2D eigenvalue weighted by atomic mass is 10.2. The van der Waals surface area contributed by atoms with Gasteiger partial charge in [-0.1, -0.05) is 37.3 Å². The maximum Gasteiger partial charge on any atom is 0.332 e. The highest BCUT2D eigenvalue weighted by atomic mass is 16.2. The molecule has 2 aromatic heterocycles. The Kier molecular flexibility index (Phi) is 5.16. The molecule has 3 aromatic rings. The van der Waals surface area contributed by atoms with Gasteiger partial charge in [-0.3, -0.25) is 18.7 Å². The van der Waals surface area contributed by atoms with Crippen molar-refractivity contribution in [2.75, 3.05) is 0 Å². The Balaban J connectivity index is 2.08. The van der Waals surface area contributed by atoms with Crippen LogP contribution in [0.5, 0.6) is 0 Å². The second-order valence-electron chi connectivity index (χ2n) is 6.41. The Morgan fingerprint density at radius 3 is 2.59 bits per heavy atom. The molecule has 0 aliphatic carbocycles. The zero-order chi connectivity index (χ0) is 19.6. The number of rotatable bonds is 5. The Morgan fingerprint density at radius 2 is 1.93 bits per heavy atom. The molecule has 140 valence electrons. The lowest BCUT2D eigenvalue weighted by Gasteiger charge is -2.13. The van der Waals surface area contributed by atoms with Crippen molar-refractivity contribution in [3.63, 3.8) is 0 Å². The van der Waals surface area contributed by atoms with E-state index in [1.54, 1.807) is 0 Å². The number of nitrogens with zero attached hydrogens (tertiary/aromatic N) is 4. The van der Waals surface area contributed by atoms with Gasteiger partial charge in [0.25, 0.3) is 5.56 Å². The van der Waals surface area contributed by atoms with Crippen LogP contribution in [0.25, 0.3) is 22.4 Å². The molecule has 0 spiro atoms. The topological polar surface area (TPSA) is 98.9 Å². The molecule has 0 bridgehead atoms. The number of hydrogen-bond acceptors (Lipinski definition) is 5. The van der Waals surface area contributed by atoms with Crippen molar-refractivity contribution in [3.8, 4) is 11.4 Å². The predicted molar refractivity (Wildman–Crippen MR) is 102 cm³/mol. The molecule has 0 radical (unpaired) electrons. The third kappa shape index (κ3) is 3.64. The van der Waals surface area contributed by atoms with E-state index in [2.05, 4.69) is 15.3 Å². The molecule has 1 aromatic carbocycles. The van der Waals surface area contributed by atoms with Crippen molar-refractivity contribution in [1.29, 1.82) is 0 Å². The van der Waals surface area contributed by atoms with Gasteiger partial charge in [-0.05, 0) is 13.3 Å². The van der Waals surface area contributed by atoms with Crippen LogP contribution in [-0.2, 0) is 18.4 Å². The zero-order valence-electron chi connectivity index (χ0n) is 15.5. The molecule has 0 saturated heterocycles. The molecular weight excluding hydrogens is 346 g/mol. The average Bonchev–Trinajstić information content (AvgIpc) is 2.69. The second kappa shape index (κ2) is 7.53. The van der Waals surface area contributed by atoms with Crippen molar-refractivity contribution in [2.24, 2.45) is 7.05 Å². The van der Waals surface area contributed by atoms with Gasteiger partial charge in [-0.2, -0.15) is 0 Å². The fourth-order valence-electron chi connectivity index (χ4n) is 2.72. The minimum absolute atomic E-state index is 0.0331. The zero-order valence-corrected chi connectivity index (χ0v) is 15.5. The van der Waals surface area contributed by atoms with E-state index in [0.29, 0.717) is 5.82 Å². The van der Waals surface area contributed by atoms with Crippen LogP contribution in [0.15, 0.2) is 46.1 Å². The first-order chi connectivity index (χ1) is 12.9. The molecule has 0 aliphatic heterocycles. The summed E-state index contributed by atoms with van der Waals surface area (Å²) in [5.74, 6) is 0.0366. The van der Waals surface area contributed by atoms with Crippen molar-refractivity contribution in [1.82, 2.24) is 24.4 Å². The van der Waals surface area contributed by atoms with Crippen LogP contribution in [0.2, 0.25) is 0 Å². The lowest BCUT2D eigenvalue weighted by Crippen LogP contribution is -2.44. The molecule has 27 heavy (non-hydrogen) atoms. The first-order valence-electron chi connectivity index (χ1n) is 8.73. The number of hydrogen-bond donors (Lipinski definition) is 1. The molecule has 8 heteroatoms. The number of amides is 1. The quantitative estimate of drug-likeness (QED) is 0.727. The van der Waals surface area contributed by atoms with Crippen LogP contribution in [0.1, 0.15) is 20.3 Å². The summed E-state index contributed by atoms with van der Waals surface area (Å²) in [6.07, 6.45) is 2.15. The highest BCUT2D eigenvalue weighted by molar-refractivity contribution is 5.78. The molecule has 8 nitrogen and oxygen atoms in total. The van der Waals surface area contributed by atoms with Crippen LogP contribution in [0.4, 0.5) is 0 Å². The number of nitrogens with one attached hydrogen (secondary N) is 1. The van der Waals surface area contributed by atoms with Crippen LogP contribution in [-0.4, -0.2) is 31.1 Å². The second-order valence-corrected chi connectivity index (χ2v) is 6.41. The maximum atomic E-state index is 12.7. The molecule has 0 saturated carbocycles. The Morgan fingerprint density at radius 1 is 1.22 bits per heavy atom. The van der Waals surface area contributed by atoms with Crippen LogP contribution in [0, 0.1) is 0 Å². The van der Waals surface area contributed by atoms with Crippen LogP contribution in [0.3, 0.4) is 0 Å². The van der Waals surface area contributed by atoms with Crippen molar-refractivity contribution in [2.45, 2.75) is 32.9 Å². The highest BCUT2D eigenvalue weighted by Gasteiger charge is 2.16. The Hall–Kier alpha value is -3.29. The molecule has 0 aliphatic rings. The summed E-state index contributed by atoms with van der Waals surface area (Å²) in [7, 11) is 1.52. The van der Waals surface area contributed by atoms with E-state index >= 15 is 0 Å². The minimum Gasteiger partial charge on any atom is -0.352 e. The smallest absolute Gasteiger partial charge is 0.332 e. The molecular formula is C19H21N5O3. The van der Waals surface area contributed by atoms with Crippen molar-refractivity contribution < 1.29 is 4.79 Å². The van der Waals surface area contributed by atoms with Gasteiger partial charge in [0.15, 0.2) is 11.5 Å². The van der Waals surface area contributed by atoms with E-state index in [1.807, 2.05) is 44.2 Å². The van der Waals surface area contributed by atoms with Gasteiger partial charge in [-0.15, -0.1) is 0 Å². The summed E-state index contributed by atoms with van der Waals surface area (Å²) in [6, 6.07) is 9.25. The summed E-state index contributed by atoms with van der Waals surface area (Å²) < 4.78 is 2.17. The van der Waals surface area contributed by atoms with Gasteiger partial charge in [0.2, 0.25) is 5.91 Å². The molecule has 2 heterocycles. The van der Waals surface area contributed by atoms with Gasteiger partial charge < -0.3 is 5.32 Å². The number of carbonyl (C=O) groups is 1. The van der Waals surface area contributed by atoms with E-state index in [4.69, 9.17) is 0 Å². The predicted octanol–water partition coefficient (Wildman–Crippen LogP) is 1.07. The molecule has 0 fully saturated rings. The minimum atomic E-state index is -0.593. The molecule has 3 rings (SSSR count). The normalized spacial score (nSPS) is 12.1. The van der Waals surface area contributed by atoms with Crippen LogP contribution >= 0.6 is 0 Å². The Bertz CT molecular complexity index is 1100. The van der Waals surface area contributed by atoms with Gasteiger partial charge in [0, 0.05) is 24.8 Å². The van der Waals surface area contributed by atoms with E-state index < -0.39 is 11.2 Å². The lowest BCUT2D eigenvalue weighted by molar-refractivity contribution is -0.122. The number of aromatic nitrogens is 4. The van der Waals surface area contributed by atoms with E-state index in [9.17, 15) is 14.4 Å². The SMILES string of the molecule is CC[C@H](C)NC(=O)Cn1c(=O)c2cnc(-c3ccccc3)nc2n(C)c1=O. The Labute approximate surface area is 155 Å². The van der Waals surface area contributed by atoms with E-state index in [-0.39, 0.29) is 29.5 Å². The number of benzene rings is 1. The van der Waals surface area contributed by atoms with E-state index in [1.165, 1.54) is 17.8 Å². The molecule has 1 amide bonds. The fourth-order valence-corrected chi connectivity index (χ4v) is 2.72. The monoisotopic (exact) mass is 367 g/mol.